The summed E-state index contributed by atoms with van der Waals surface area (Å²) >= 11 is 2.86. The van der Waals surface area contributed by atoms with Crippen molar-refractivity contribution < 1.29 is 21.2 Å². The monoisotopic (exact) mass is 253 g/mol. The molecule has 3 heteroatoms. The Hall–Kier alpha value is -0.540. The molecule has 0 atom stereocenters. The molecule has 0 N–H and O–H groups in total. The van der Waals surface area contributed by atoms with Gasteiger partial charge in [0.25, 0.3) is 0 Å². The third-order valence-electron chi connectivity index (χ3n) is 1.26. The standard InChI is InChI=1S/C10H12BrNO/c11-9-3-1-2-4-10(9)12-5-7-13-8-6-12/h1-4H,5-8H2/i1D,2D,3D,4D,5D2,6D2,7D2,8D2. The summed E-state index contributed by atoms with van der Waals surface area (Å²) in [6, 6.07) is -2.97. The van der Waals surface area contributed by atoms with Gasteiger partial charge in [-0.15, -0.1) is 0 Å². The Morgan fingerprint density at radius 1 is 1.38 bits per heavy atom. The second-order valence-corrected chi connectivity index (χ2v) is 2.82. The van der Waals surface area contributed by atoms with E-state index in [1.54, 1.807) is 0 Å². The number of ether oxygens (including phenoxy) is 1. The quantitative estimate of drug-likeness (QED) is 0.762. The average molecular weight is 254 g/mol. The third-order valence-corrected chi connectivity index (χ3v) is 1.84. The maximum absolute atomic E-state index is 7.96. The van der Waals surface area contributed by atoms with Crippen molar-refractivity contribution >= 4 is 21.6 Å². The first-order valence-electron chi connectivity index (χ1n) is 9.27. The highest BCUT2D eigenvalue weighted by Crippen LogP contribution is 2.25. The van der Waals surface area contributed by atoms with Crippen LogP contribution in [0.1, 0.15) is 16.4 Å². The number of anilines is 1. The second-order valence-electron chi connectivity index (χ2n) is 2.03. The van der Waals surface area contributed by atoms with Gasteiger partial charge in [-0.25, -0.2) is 0 Å². The Bertz CT molecular complexity index is 680. The van der Waals surface area contributed by atoms with E-state index in [1.165, 1.54) is 0 Å². The number of hydrogen-bond acceptors (Lipinski definition) is 2. The van der Waals surface area contributed by atoms with E-state index in [1.807, 2.05) is 0 Å². The lowest BCUT2D eigenvalue weighted by atomic mass is 10.3. The topological polar surface area (TPSA) is 12.5 Å². The van der Waals surface area contributed by atoms with Crippen LogP contribution in [0.4, 0.5) is 5.69 Å². The summed E-state index contributed by atoms with van der Waals surface area (Å²) in [5.74, 6) is 0. The van der Waals surface area contributed by atoms with Crippen molar-refractivity contribution in [3.05, 3.63) is 28.6 Å². The lowest BCUT2D eigenvalue weighted by molar-refractivity contribution is 0.122. The van der Waals surface area contributed by atoms with Crippen molar-refractivity contribution in [2.45, 2.75) is 0 Å². The van der Waals surface area contributed by atoms with Crippen molar-refractivity contribution in [1.29, 1.82) is 0 Å². The molecule has 0 aliphatic carbocycles. The highest BCUT2D eigenvalue weighted by atomic mass is 79.9. The van der Waals surface area contributed by atoms with Crippen LogP contribution < -0.4 is 4.90 Å². The minimum atomic E-state index is -3.32. The van der Waals surface area contributed by atoms with E-state index in [2.05, 4.69) is 20.7 Å². The number of para-hydroxylation sites is 1. The second kappa shape index (κ2) is 4.11. The van der Waals surface area contributed by atoms with Crippen molar-refractivity contribution in [1.82, 2.24) is 0 Å². The predicted octanol–water partition coefficient (Wildman–Crippen LogP) is 2.29. The van der Waals surface area contributed by atoms with Crippen LogP contribution in [0.3, 0.4) is 0 Å². The van der Waals surface area contributed by atoms with Gasteiger partial charge in [-0.1, -0.05) is 12.1 Å². The number of halogens is 1. The summed E-state index contributed by atoms with van der Waals surface area (Å²) in [4.78, 5) is 0.0193. The van der Waals surface area contributed by atoms with Crippen LogP contribution in [0.25, 0.3) is 0 Å². The Morgan fingerprint density at radius 2 is 2.08 bits per heavy atom. The Labute approximate surface area is 103 Å². The maximum atomic E-state index is 7.96. The molecule has 2 nitrogen and oxygen atoms in total. The van der Waals surface area contributed by atoms with Crippen molar-refractivity contribution in [2.24, 2.45) is 0 Å². The van der Waals surface area contributed by atoms with Crippen molar-refractivity contribution in [3.63, 3.8) is 0 Å². The van der Waals surface area contributed by atoms with Crippen LogP contribution in [0, 0.1) is 0 Å². The fraction of sp³-hybridized carbons (Fsp3) is 0.400. The first kappa shape index (κ1) is 2.52. The van der Waals surface area contributed by atoms with Crippen LogP contribution in [0.2, 0.25) is 0 Å². The lowest BCUT2D eigenvalue weighted by Crippen LogP contribution is -2.36. The van der Waals surface area contributed by atoms with E-state index >= 15 is 0 Å². The molecule has 1 aromatic carbocycles. The highest BCUT2D eigenvalue weighted by molar-refractivity contribution is 9.10. The maximum Gasteiger partial charge on any atom is 0.0645 e. The van der Waals surface area contributed by atoms with Gasteiger partial charge in [-0.2, -0.15) is 0 Å². The fourth-order valence-electron chi connectivity index (χ4n) is 0.747. The summed E-state index contributed by atoms with van der Waals surface area (Å²) in [6.07, 6.45) is 0. The zero-order chi connectivity index (χ0) is 19.7. The van der Waals surface area contributed by atoms with E-state index in [9.17, 15) is 0 Å². The molecule has 1 heterocycles. The lowest BCUT2D eigenvalue weighted by Gasteiger charge is -2.29. The van der Waals surface area contributed by atoms with Gasteiger partial charge in [0, 0.05) is 17.5 Å². The first-order chi connectivity index (χ1) is 11.0. The van der Waals surface area contributed by atoms with Gasteiger partial charge in [0.15, 0.2) is 0 Å². The van der Waals surface area contributed by atoms with Crippen LogP contribution in [-0.4, -0.2) is 26.1 Å². The molecule has 0 saturated carbocycles. The van der Waals surface area contributed by atoms with Crippen LogP contribution in [0.5, 0.6) is 0 Å². The van der Waals surface area contributed by atoms with Gasteiger partial charge in [-0.05, 0) is 28.0 Å². The molecule has 2 rings (SSSR count). The summed E-state index contributed by atoms with van der Waals surface area (Å²) in [6.45, 7) is -13.2. The summed E-state index contributed by atoms with van der Waals surface area (Å²) in [5.41, 5.74) is -0.753. The highest BCUT2D eigenvalue weighted by Gasteiger charge is 2.12. The first-order valence-corrected chi connectivity index (χ1v) is 4.06. The number of benzene rings is 1. The molecule has 0 amide bonds. The van der Waals surface area contributed by atoms with E-state index < -0.39 is 60.4 Å². The fourth-order valence-corrected chi connectivity index (χ4v) is 1.12. The molecule has 13 heavy (non-hydrogen) atoms. The number of rotatable bonds is 1. The van der Waals surface area contributed by atoms with E-state index in [0.717, 1.165) is 0 Å². The number of hydrogen-bond donors (Lipinski definition) is 0. The molecule has 1 aromatic rings. The molecule has 1 fully saturated rings. The molecule has 1 saturated heterocycles. The van der Waals surface area contributed by atoms with Gasteiger partial charge < -0.3 is 9.64 Å². The number of morpholine rings is 1. The summed E-state index contributed by atoms with van der Waals surface area (Å²) < 4.78 is 97.3. The third kappa shape index (κ3) is 2.03. The largest absolute Gasteiger partial charge is 0.378 e. The zero-order valence-corrected chi connectivity index (χ0v) is 7.82. The average Bonchev–Trinajstić information content (AvgIpc) is 2.44. The van der Waals surface area contributed by atoms with Crippen LogP contribution in [-0.2, 0) is 4.74 Å². The summed E-state index contributed by atoms with van der Waals surface area (Å²) in [7, 11) is 0. The van der Waals surface area contributed by atoms with Crippen LogP contribution >= 0.6 is 15.9 Å². The predicted molar refractivity (Wildman–Crippen MR) is 57.2 cm³/mol. The Morgan fingerprint density at radius 3 is 2.85 bits per heavy atom. The van der Waals surface area contributed by atoms with Crippen LogP contribution in [0.15, 0.2) is 28.6 Å². The van der Waals surface area contributed by atoms with Gasteiger partial charge in [0.05, 0.1) is 35.3 Å². The van der Waals surface area contributed by atoms with E-state index in [4.69, 9.17) is 16.4 Å². The van der Waals surface area contributed by atoms with E-state index in [-0.39, 0.29) is 4.90 Å². The molecule has 0 spiro atoms. The van der Waals surface area contributed by atoms with E-state index in [0.29, 0.717) is 0 Å². The van der Waals surface area contributed by atoms with Crippen molar-refractivity contribution in [2.75, 3.05) is 31.0 Å². The molecular weight excluding hydrogens is 230 g/mol. The SMILES string of the molecule is [2H]c1c([2H])c([2H])c(N2C([2H])([2H])C([2H])([2H])OC([2H])([2H])C2([2H])[2H])c(Br)c1[2H]. The van der Waals surface area contributed by atoms with Gasteiger partial charge >= 0.3 is 0 Å². The molecule has 0 aromatic heterocycles. The molecule has 1 aliphatic rings. The molecular formula is C10H12BrNO. The minimum absolute atomic E-state index is 0.0193. The van der Waals surface area contributed by atoms with Crippen molar-refractivity contribution in [3.8, 4) is 0 Å². The normalized spacial score (nSPS) is 46.4. The molecule has 0 radical (unpaired) electrons. The van der Waals surface area contributed by atoms with Gasteiger partial charge in [0.1, 0.15) is 0 Å². The Kier molecular flexibility index (Phi) is 0.799. The smallest absolute Gasteiger partial charge is 0.0645 e. The number of nitrogens with zero attached hydrogens (tertiary/aromatic N) is 1. The van der Waals surface area contributed by atoms with Gasteiger partial charge in [-0.3, -0.25) is 0 Å². The zero-order valence-electron chi connectivity index (χ0n) is 18.2. The Balaban J connectivity index is 2.92. The van der Waals surface area contributed by atoms with Gasteiger partial charge in [0.2, 0.25) is 0 Å². The summed E-state index contributed by atoms with van der Waals surface area (Å²) in [5, 5.41) is 0. The minimum Gasteiger partial charge on any atom is -0.378 e. The molecule has 1 aliphatic heterocycles. The molecule has 0 unspecified atom stereocenters. The molecule has 70 valence electrons. The molecule has 0 bridgehead atoms.